The number of fused-ring (bicyclic) bond motifs is 1. The second-order valence-electron chi connectivity index (χ2n) is 5.19. The van der Waals surface area contributed by atoms with Crippen molar-refractivity contribution >= 4 is 35.1 Å². The topological polar surface area (TPSA) is 26.3 Å². The molecular weight excluding hydrogens is 319 g/mol. The van der Waals surface area contributed by atoms with Gasteiger partial charge < -0.3 is 4.74 Å². The molecule has 2 nitrogen and oxygen atoms in total. The van der Waals surface area contributed by atoms with E-state index in [1.54, 1.807) is 19.2 Å². The molecule has 0 N–H and O–H groups in total. The van der Waals surface area contributed by atoms with Crippen LogP contribution >= 0.6 is 23.2 Å². The fourth-order valence-corrected chi connectivity index (χ4v) is 3.09. The maximum absolute atomic E-state index is 12.6. The van der Waals surface area contributed by atoms with Gasteiger partial charge in [0.15, 0.2) is 5.78 Å². The first-order valence-corrected chi connectivity index (χ1v) is 7.71. The monoisotopic (exact) mass is 332 g/mol. The average Bonchev–Trinajstić information content (AvgIpc) is 2.52. The summed E-state index contributed by atoms with van der Waals surface area (Å²) in [5, 5.41) is 1.13. The molecule has 0 saturated heterocycles. The summed E-state index contributed by atoms with van der Waals surface area (Å²) in [7, 11) is 1.63. The second-order valence-corrected chi connectivity index (χ2v) is 6.03. The van der Waals surface area contributed by atoms with E-state index in [4.69, 9.17) is 27.9 Å². The molecule has 0 fully saturated rings. The maximum atomic E-state index is 12.6. The smallest absolute Gasteiger partial charge is 0.189 e. The molecule has 0 aliphatic heterocycles. The normalized spacial score (nSPS) is 15.8. The molecule has 0 heterocycles. The Hall–Kier alpha value is -1.77. The summed E-state index contributed by atoms with van der Waals surface area (Å²) in [6, 6.07) is 10.9. The number of hydrogen-bond donors (Lipinski definition) is 0. The number of halogens is 2. The Bertz CT molecular complexity index is 779. The molecule has 2 aromatic carbocycles. The SMILES string of the molecule is COc1ccc2c(c1)CC/C(=C\c1ccc(Cl)cc1Cl)C2=O. The highest BCUT2D eigenvalue weighted by Crippen LogP contribution is 2.31. The molecule has 112 valence electrons. The molecule has 0 unspecified atom stereocenters. The highest BCUT2D eigenvalue weighted by Gasteiger charge is 2.22. The van der Waals surface area contributed by atoms with Crippen LogP contribution in [0.2, 0.25) is 10.0 Å². The van der Waals surface area contributed by atoms with Crippen molar-refractivity contribution in [1.29, 1.82) is 0 Å². The fraction of sp³-hybridized carbons (Fsp3) is 0.167. The van der Waals surface area contributed by atoms with Crippen molar-refractivity contribution in [3.8, 4) is 5.75 Å². The van der Waals surface area contributed by atoms with E-state index in [0.29, 0.717) is 16.5 Å². The van der Waals surface area contributed by atoms with Crippen LogP contribution in [0.3, 0.4) is 0 Å². The molecule has 0 atom stereocenters. The molecule has 2 aromatic rings. The summed E-state index contributed by atoms with van der Waals surface area (Å²) in [4.78, 5) is 12.6. The summed E-state index contributed by atoms with van der Waals surface area (Å²) >= 11 is 12.1. The lowest BCUT2D eigenvalue weighted by Gasteiger charge is -2.18. The number of allylic oxidation sites excluding steroid dienone is 1. The van der Waals surface area contributed by atoms with E-state index in [-0.39, 0.29) is 5.78 Å². The number of benzene rings is 2. The van der Waals surface area contributed by atoms with Crippen LogP contribution in [0, 0.1) is 0 Å². The summed E-state index contributed by atoms with van der Waals surface area (Å²) in [6.45, 7) is 0. The Morgan fingerprint density at radius 3 is 2.64 bits per heavy atom. The zero-order valence-corrected chi connectivity index (χ0v) is 13.5. The molecule has 0 spiro atoms. The molecule has 22 heavy (non-hydrogen) atoms. The number of ether oxygens (including phenoxy) is 1. The second kappa shape index (κ2) is 6.15. The number of carbonyl (C=O) groups excluding carboxylic acids is 1. The van der Waals surface area contributed by atoms with E-state index in [0.717, 1.165) is 34.4 Å². The van der Waals surface area contributed by atoms with Crippen molar-refractivity contribution < 1.29 is 9.53 Å². The number of hydrogen-bond acceptors (Lipinski definition) is 2. The van der Waals surface area contributed by atoms with Crippen LogP contribution in [0.4, 0.5) is 0 Å². The lowest BCUT2D eigenvalue weighted by Crippen LogP contribution is -2.14. The number of carbonyl (C=O) groups is 1. The lowest BCUT2D eigenvalue weighted by atomic mass is 9.86. The number of Topliss-reactive ketones (excluding diaryl/α,β-unsaturated/α-hetero) is 1. The molecule has 1 aliphatic carbocycles. The largest absolute Gasteiger partial charge is 0.497 e. The minimum Gasteiger partial charge on any atom is -0.497 e. The van der Waals surface area contributed by atoms with Crippen molar-refractivity contribution in [3.05, 3.63) is 68.7 Å². The molecule has 0 amide bonds. The Morgan fingerprint density at radius 2 is 1.91 bits per heavy atom. The number of ketones is 1. The third-order valence-electron chi connectivity index (χ3n) is 3.80. The predicted octanol–water partition coefficient (Wildman–Crippen LogP) is 5.21. The van der Waals surface area contributed by atoms with Gasteiger partial charge in [0.05, 0.1) is 7.11 Å². The van der Waals surface area contributed by atoms with Gasteiger partial charge in [0.25, 0.3) is 0 Å². The summed E-state index contributed by atoms with van der Waals surface area (Å²) in [5.74, 6) is 0.828. The van der Waals surface area contributed by atoms with Crippen LogP contribution in [-0.2, 0) is 6.42 Å². The van der Waals surface area contributed by atoms with E-state index in [1.807, 2.05) is 30.3 Å². The van der Waals surface area contributed by atoms with Gasteiger partial charge in [0.1, 0.15) is 5.75 Å². The van der Waals surface area contributed by atoms with Crippen molar-refractivity contribution in [1.82, 2.24) is 0 Å². The van der Waals surface area contributed by atoms with Gasteiger partial charge in [0.2, 0.25) is 0 Å². The zero-order valence-electron chi connectivity index (χ0n) is 12.0. The van der Waals surface area contributed by atoms with Crippen LogP contribution in [0.25, 0.3) is 6.08 Å². The zero-order chi connectivity index (χ0) is 15.7. The molecule has 1 aliphatic rings. The molecule has 4 heteroatoms. The van der Waals surface area contributed by atoms with Crippen LogP contribution in [0.1, 0.15) is 27.9 Å². The first kappa shape index (κ1) is 15.1. The Balaban J connectivity index is 1.97. The van der Waals surface area contributed by atoms with Gasteiger partial charge in [-0.1, -0.05) is 29.3 Å². The lowest BCUT2D eigenvalue weighted by molar-refractivity contribution is 0.102. The minimum atomic E-state index is 0.0509. The first-order valence-electron chi connectivity index (χ1n) is 6.95. The van der Waals surface area contributed by atoms with E-state index < -0.39 is 0 Å². The third kappa shape index (κ3) is 2.90. The Labute approximate surface area is 139 Å². The maximum Gasteiger partial charge on any atom is 0.189 e. The molecular formula is C18H14Cl2O2. The van der Waals surface area contributed by atoms with Gasteiger partial charge in [0, 0.05) is 21.2 Å². The van der Waals surface area contributed by atoms with E-state index >= 15 is 0 Å². The van der Waals surface area contributed by atoms with Gasteiger partial charge in [-0.3, -0.25) is 4.79 Å². The summed E-state index contributed by atoms with van der Waals surface area (Å²) < 4.78 is 5.21. The van der Waals surface area contributed by atoms with Crippen LogP contribution in [-0.4, -0.2) is 12.9 Å². The highest BCUT2D eigenvalue weighted by molar-refractivity contribution is 6.35. The molecule has 0 bridgehead atoms. The molecule has 0 radical (unpaired) electrons. The summed E-state index contributed by atoms with van der Waals surface area (Å²) in [6.07, 6.45) is 3.36. The molecule has 3 rings (SSSR count). The predicted molar refractivity (Wildman–Crippen MR) is 90.1 cm³/mol. The molecule has 0 aromatic heterocycles. The van der Waals surface area contributed by atoms with Gasteiger partial charge in [-0.05, 0) is 60.4 Å². The van der Waals surface area contributed by atoms with Gasteiger partial charge in [-0.25, -0.2) is 0 Å². The van der Waals surface area contributed by atoms with Crippen LogP contribution in [0.15, 0.2) is 42.0 Å². The Morgan fingerprint density at radius 1 is 1.09 bits per heavy atom. The number of aryl methyl sites for hydroxylation is 1. The van der Waals surface area contributed by atoms with Crippen LogP contribution in [0.5, 0.6) is 5.75 Å². The third-order valence-corrected chi connectivity index (χ3v) is 4.37. The highest BCUT2D eigenvalue weighted by atomic mass is 35.5. The van der Waals surface area contributed by atoms with Crippen LogP contribution < -0.4 is 4.74 Å². The average molecular weight is 333 g/mol. The summed E-state index contributed by atoms with van der Waals surface area (Å²) in [5.41, 5.74) is 3.35. The van der Waals surface area contributed by atoms with Crippen molar-refractivity contribution in [2.75, 3.05) is 7.11 Å². The van der Waals surface area contributed by atoms with Gasteiger partial charge in [-0.15, -0.1) is 0 Å². The van der Waals surface area contributed by atoms with E-state index in [1.165, 1.54) is 0 Å². The standard InChI is InChI=1S/C18H14Cl2O2/c1-22-15-6-7-16-11(9-15)2-3-13(18(16)21)8-12-4-5-14(19)10-17(12)20/h4-10H,2-3H2,1H3/b13-8+. The number of methoxy groups -OCH3 is 1. The van der Waals surface area contributed by atoms with Gasteiger partial charge in [-0.2, -0.15) is 0 Å². The Kier molecular flexibility index (Phi) is 4.23. The fourth-order valence-electron chi connectivity index (χ4n) is 2.63. The van der Waals surface area contributed by atoms with Crippen molar-refractivity contribution in [2.24, 2.45) is 0 Å². The number of rotatable bonds is 2. The van der Waals surface area contributed by atoms with Crippen molar-refractivity contribution in [3.63, 3.8) is 0 Å². The quantitative estimate of drug-likeness (QED) is 0.705. The minimum absolute atomic E-state index is 0.0509. The van der Waals surface area contributed by atoms with Crippen molar-refractivity contribution in [2.45, 2.75) is 12.8 Å². The molecule has 0 saturated carbocycles. The van der Waals surface area contributed by atoms with E-state index in [2.05, 4.69) is 0 Å². The van der Waals surface area contributed by atoms with Gasteiger partial charge >= 0.3 is 0 Å². The first-order chi connectivity index (χ1) is 10.6. The van der Waals surface area contributed by atoms with E-state index in [9.17, 15) is 4.79 Å².